The third kappa shape index (κ3) is 2.17. The van der Waals surface area contributed by atoms with Crippen molar-refractivity contribution in [2.24, 2.45) is 0 Å². The molecule has 0 bridgehead atoms. The SMILES string of the molecule is CCSc1cccc(N(C)C2CC2)c1C#N. The lowest BCUT2D eigenvalue weighted by atomic mass is 10.2. The second kappa shape index (κ2) is 4.80. The molecule has 0 spiro atoms. The molecule has 0 radical (unpaired) electrons. The van der Waals surface area contributed by atoms with Crippen LogP contribution in [0.5, 0.6) is 0 Å². The Kier molecular flexibility index (Phi) is 3.40. The molecule has 3 heteroatoms. The van der Waals surface area contributed by atoms with Gasteiger partial charge in [0, 0.05) is 18.0 Å². The molecule has 1 aromatic carbocycles. The smallest absolute Gasteiger partial charge is 0.103 e. The Morgan fingerprint density at radius 2 is 2.25 bits per heavy atom. The van der Waals surface area contributed by atoms with Crippen molar-refractivity contribution in [2.75, 3.05) is 17.7 Å². The standard InChI is InChI=1S/C13H16N2S/c1-3-16-13-6-4-5-12(11(13)9-14)15(2)10-7-8-10/h4-6,10H,3,7-8H2,1-2H3. The number of thioether (sulfide) groups is 1. The molecule has 84 valence electrons. The van der Waals surface area contributed by atoms with Gasteiger partial charge in [0.1, 0.15) is 6.07 Å². The van der Waals surface area contributed by atoms with E-state index in [0.29, 0.717) is 6.04 Å². The first-order chi connectivity index (χ1) is 7.77. The Balaban J connectivity index is 2.36. The summed E-state index contributed by atoms with van der Waals surface area (Å²) in [5.41, 5.74) is 1.92. The van der Waals surface area contributed by atoms with Crippen LogP contribution < -0.4 is 4.90 Å². The van der Waals surface area contributed by atoms with Gasteiger partial charge in [-0.3, -0.25) is 0 Å². The molecule has 0 aromatic heterocycles. The number of anilines is 1. The first-order valence-electron chi connectivity index (χ1n) is 5.66. The molecule has 2 rings (SSSR count). The highest BCUT2D eigenvalue weighted by Crippen LogP contribution is 2.35. The molecule has 0 atom stereocenters. The van der Waals surface area contributed by atoms with Gasteiger partial charge < -0.3 is 4.90 Å². The highest BCUT2D eigenvalue weighted by Gasteiger charge is 2.28. The number of nitriles is 1. The topological polar surface area (TPSA) is 27.0 Å². The minimum Gasteiger partial charge on any atom is -0.371 e. The molecule has 0 unspecified atom stereocenters. The highest BCUT2D eigenvalue weighted by molar-refractivity contribution is 7.99. The third-order valence-electron chi connectivity index (χ3n) is 2.89. The van der Waals surface area contributed by atoms with Crippen LogP contribution in [0, 0.1) is 11.3 Å². The van der Waals surface area contributed by atoms with Crippen LogP contribution in [-0.2, 0) is 0 Å². The van der Waals surface area contributed by atoms with Crippen molar-refractivity contribution >= 4 is 17.4 Å². The van der Waals surface area contributed by atoms with E-state index < -0.39 is 0 Å². The molecule has 1 aliphatic rings. The van der Waals surface area contributed by atoms with E-state index in [1.165, 1.54) is 12.8 Å². The van der Waals surface area contributed by atoms with Crippen LogP contribution in [0.3, 0.4) is 0 Å². The normalized spacial score (nSPS) is 14.6. The van der Waals surface area contributed by atoms with E-state index in [9.17, 15) is 5.26 Å². The fourth-order valence-electron chi connectivity index (χ4n) is 1.86. The molecule has 0 saturated heterocycles. The zero-order valence-corrected chi connectivity index (χ0v) is 10.5. The second-order valence-electron chi connectivity index (χ2n) is 4.04. The molecular weight excluding hydrogens is 216 g/mol. The first kappa shape index (κ1) is 11.3. The summed E-state index contributed by atoms with van der Waals surface area (Å²) in [6, 6.07) is 9.14. The maximum absolute atomic E-state index is 9.29. The molecule has 0 N–H and O–H groups in total. The van der Waals surface area contributed by atoms with Gasteiger partial charge in [-0.25, -0.2) is 0 Å². The van der Waals surface area contributed by atoms with Crippen molar-refractivity contribution in [3.63, 3.8) is 0 Å². The van der Waals surface area contributed by atoms with Crippen LogP contribution in [0.15, 0.2) is 23.1 Å². The largest absolute Gasteiger partial charge is 0.371 e. The van der Waals surface area contributed by atoms with Crippen LogP contribution in [0.25, 0.3) is 0 Å². The van der Waals surface area contributed by atoms with Crippen molar-refractivity contribution < 1.29 is 0 Å². The Morgan fingerprint density at radius 1 is 1.50 bits per heavy atom. The molecule has 1 aromatic rings. The lowest BCUT2D eigenvalue weighted by Gasteiger charge is -2.21. The summed E-state index contributed by atoms with van der Waals surface area (Å²) in [6.45, 7) is 2.11. The summed E-state index contributed by atoms with van der Waals surface area (Å²) >= 11 is 1.74. The maximum atomic E-state index is 9.29. The minimum absolute atomic E-state index is 0.647. The first-order valence-corrected chi connectivity index (χ1v) is 6.65. The summed E-state index contributed by atoms with van der Waals surface area (Å²) in [4.78, 5) is 3.35. The zero-order chi connectivity index (χ0) is 11.5. The van der Waals surface area contributed by atoms with Crippen molar-refractivity contribution in [1.82, 2.24) is 0 Å². The molecule has 0 aliphatic heterocycles. The molecular formula is C13H16N2S. The van der Waals surface area contributed by atoms with Gasteiger partial charge in [-0.1, -0.05) is 13.0 Å². The van der Waals surface area contributed by atoms with E-state index in [1.807, 2.05) is 12.1 Å². The number of nitrogens with zero attached hydrogens (tertiary/aromatic N) is 2. The van der Waals surface area contributed by atoms with Crippen LogP contribution in [0.4, 0.5) is 5.69 Å². The summed E-state index contributed by atoms with van der Waals surface area (Å²) in [6.07, 6.45) is 2.51. The average Bonchev–Trinajstić information content (AvgIpc) is 3.12. The molecule has 2 nitrogen and oxygen atoms in total. The minimum atomic E-state index is 0.647. The van der Waals surface area contributed by atoms with Crippen molar-refractivity contribution in [3.8, 4) is 6.07 Å². The molecule has 0 amide bonds. The fraction of sp³-hybridized carbons (Fsp3) is 0.462. The predicted octanol–water partition coefficient (Wildman–Crippen LogP) is 3.27. The Labute approximate surface area is 101 Å². The lowest BCUT2D eigenvalue weighted by molar-refractivity contribution is 0.911. The Hall–Kier alpha value is -1.14. The quantitative estimate of drug-likeness (QED) is 0.745. The highest BCUT2D eigenvalue weighted by atomic mass is 32.2. The van der Waals surface area contributed by atoms with E-state index in [1.54, 1.807) is 11.8 Å². The van der Waals surface area contributed by atoms with Crippen molar-refractivity contribution in [2.45, 2.75) is 30.7 Å². The second-order valence-corrected chi connectivity index (χ2v) is 5.34. The van der Waals surface area contributed by atoms with Gasteiger partial charge in [0.25, 0.3) is 0 Å². The molecule has 16 heavy (non-hydrogen) atoms. The third-order valence-corrected chi connectivity index (χ3v) is 3.83. The maximum Gasteiger partial charge on any atom is 0.103 e. The predicted molar refractivity (Wildman–Crippen MR) is 69.0 cm³/mol. The lowest BCUT2D eigenvalue weighted by Crippen LogP contribution is -2.20. The van der Waals surface area contributed by atoms with E-state index in [4.69, 9.17) is 0 Å². The fourth-order valence-corrected chi connectivity index (χ4v) is 2.64. The van der Waals surface area contributed by atoms with Gasteiger partial charge in [-0.05, 0) is 30.7 Å². The van der Waals surface area contributed by atoms with E-state index in [0.717, 1.165) is 21.9 Å². The number of hydrogen-bond donors (Lipinski definition) is 0. The van der Waals surface area contributed by atoms with Gasteiger partial charge in [0.2, 0.25) is 0 Å². The van der Waals surface area contributed by atoms with Crippen molar-refractivity contribution in [1.29, 1.82) is 5.26 Å². The van der Waals surface area contributed by atoms with Crippen LogP contribution in [0.1, 0.15) is 25.3 Å². The Morgan fingerprint density at radius 3 is 2.81 bits per heavy atom. The van der Waals surface area contributed by atoms with Gasteiger partial charge >= 0.3 is 0 Å². The molecule has 1 fully saturated rings. The molecule has 1 aliphatic carbocycles. The van der Waals surface area contributed by atoms with Crippen molar-refractivity contribution in [3.05, 3.63) is 23.8 Å². The number of benzene rings is 1. The number of rotatable bonds is 4. The van der Waals surface area contributed by atoms with Crippen LogP contribution >= 0.6 is 11.8 Å². The van der Waals surface area contributed by atoms with E-state index in [2.05, 4.69) is 31.0 Å². The molecule has 1 saturated carbocycles. The van der Waals surface area contributed by atoms with E-state index in [-0.39, 0.29) is 0 Å². The van der Waals surface area contributed by atoms with Gasteiger partial charge in [0.15, 0.2) is 0 Å². The Bertz CT molecular complexity index is 418. The van der Waals surface area contributed by atoms with Crippen LogP contribution in [0.2, 0.25) is 0 Å². The number of hydrogen-bond acceptors (Lipinski definition) is 3. The summed E-state index contributed by atoms with van der Waals surface area (Å²) < 4.78 is 0. The monoisotopic (exact) mass is 232 g/mol. The van der Waals surface area contributed by atoms with E-state index >= 15 is 0 Å². The van der Waals surface area contributed by atoms with Gasteiger partial charge in [0.05, 0.1) is 11.3 Å². The zero-order valence-electron chi connectivity index (χ0n) is 9.73. The summed E-state index contributed by atoms with van der Waals surface area (Å²) in [5, 5.41) is 9.29. The van der Waals surface area contributed by atoms with Gasteiger partial charge in [-0.2, -0.15) is 5.26 Å². The molecule has 0 heterocycles. The van der Waals surface area contributed by atoms with Crippen LogP contribution in [-0.4, -0.2) is 18.8 Å². The summed E-state index contributed by atoms with van der Waals surface area (Å²) in [5.74, 6) is 1.01. The van der Waals surface area contributed by atoms with Gasteiger partial charge in [-0.15, -0.1) is 11.8 Å². The average molecular weight is 232 g/mol. The summed E-state index contributed by atoms with van der Waals surface area (Å²) in [7, 11) is 2.09.